The molecule has 0 aliphatic carbocycles. The lowest BCUT2D eigenvalue weighted by atomic mass is 10.2. The van der Waals surface area contributed by atoms with Crippen molar-refractivity contribution in [1.29, 1.82) is 0 Å². The van der Waals surface area contributed by atoms with Gasteiger partial charge in [0.15, 0.2) is 0 Å². The Kier molecular flexibility index (Phi) is 5.90. The Labute approximate surface area is 153 Å². The van der Waals surface area contributed by atoms with Crippen molar-refractivity contribution in [1.82, 2.24) is 10.0 Å². The molecule has 6 nitrogen and oxygen atoms in total. The van der Waals surface area contributed by atoms with Crippen LogP contribution in [0.4, 0.5) is 9.59 Å². The molecular formula is C15H19IN2O4S. The maximum absolute atomic E-state index is 12.5. The smallest absolute Gasteiger partial charge is 0.434 e. The Balaban J connectivity index is 2.35. The van der Waals surface area contributed by atoms with Gasteiger partial charge >= 0.3 is 12.2 Å². The first kappa shape index (κ1) is 18.1. The summed E-state index contributed by atoms with van der Waals surface area (Å²) in [5.41, 5.74) is 1.54. The molecule has 0 N–H and O–H groups in total. The maximum atomic E-state index is 12.5. The third-order valence-electron chi connectivity index (χ3n) is 2.85. The molecule has 23 heavy (non-hydrogen) atoms. The van der Waals surface area contributed by atoms with Gasteiger partial charge in [-0.1, -0.05) is 0 Å². The summed E-state index contributed by atoms with van der Waals surface area (Å²) in [5, 5.41) is 6.41. The number of hydrazine groups is 1. The highest BCUT2D eigenvalue weighted by Crippen LogP contribution is 2.37. The highest BCUT2D eigenvalue weighted by Gasteiger charge is 2.40. The topological polar surface area (TPSA) is 59.1 Å². The summed E-state index contributed by atoms with van der Waals surface area (Å²) >= 11 is 3.67. The Morgan fingerprint density at radius 2 is 1.78 bits per heavy atom. The predicted octanol–water partition coefficient (Wildman–Crippen LogP) is 4.47. The Hall–Kier alpha value is -1.29. The van der Waals surface area contributed by atoms with E-state index in [2.05, 4.69) is 22.6 Å². The van der Waals surface area contributed by atoms with Crippen molar-refractivity contribution in [2.75, 3.05) is 6.54 Å². The number of thiophene rings is 1. The second-order valence-corrected chi connectivity index (χ2v) is 7.58. The van der Waals surface area contributed by atoms with Crippen molar-refractivity contribution in [3.63, 3.8) is 0 Å². The zero-order chi connectivity index (χ0) is 17.1. The average molecular weight is 450 g/mol. The largest absolute Gasteiger partial charge is 0.445 e. The molecule has 0 saturated heterocycles. The Morgan fingerprint density at radius 1 is 1.17 bits per heavy atom. The first-order chi connectivity index (χ1) is 10.8. The number of carbonyl (C=O) groups is 2. The van der Waals surface area contributed by atoms with Crippen molar-refractivity contribution >= 4 is 51.8 Å². The van der Waals surface area contributed by atoms with Crippen LogP contribution in [0.2, 0.25) is 0 Å². The molecule has 126 valence electrons. The molecule has 1 aliphatic rings. The summed E-state index contributed by atoms with van der Waals surface area (Å²) in [6.07, 6.45) is -1.71. The zero-order valence-corrected chi connectivity index (χ0v) is 16.4. The quantitative estimate of drug-likeness (QED) is 0.638. The van der Waals surface area contributed by atoms with Crippen molar-refractivity contribution in [3.05, 3.63) is 26.0 Å². The van der Waals surface area contributed by atoms with E-state index in [0.29, 0.717) is 5.70 Å². The molecule has 2 amide bonds. The number of ether oxygens (including phenoxy) is 2. The van der Waals surface area contributed by atoms with Crippen molar-refractivity contribution in [2.24, 2.45) is 0 Å². The van der Waals surface area contributed by atoms with Crippen LogP contribution in [0.5, 0.6) is 0 Å². The van der Waals surface area contributed by atoms with Crippen LogP contribution in [0, 0.1) is 0 Å². The summed E-state index contributed by atoms with van der Waals surface area (Å²) in [6.45, 7) is 7.35. The van der Waals surface area contributed by atoms with Crippen molar-refractivity contribution in [3.8, 4) is 0 Å². The van der Waals surface area contributed by atoms with Crippen molar-refractivity contribution < 1.29 is 19.1 Å². The minimum absolute atomic E-state index is 0.270. The number of carbonyl (C=O) groups excluding carboxylic acids is 2. The van der Waals surface area contributed by atoms with Gasteiger partial charge in [0.25, 0.3) is 0 Å². The predicted molar refractivity (Wildman–Crippen MR) is 97.0 cm³/mol. The fourth-order valence-electron chi connectivity index (χ4n) is 2.04. The van der Waals surface area contributed by atoms with Gasteiger partial charge in [-0.3, -0.25) is 0 Å². The van der Waals surface area contributed by atoms with Crippen LogP contribution in [-0.2, 0) is 9.47 Å². The molecule has 0 bridgehead atoms. The van der Waals surface area contributed by atoms with Crippen LogP contribution in [0.15, 0.2) is 20.4 Å². The summed E-state index contributed by atoms with van der Waals surface area (Å²) in [7, 11) is 0. The van der Waals surface area contributed by atoms with E-state index in [4.69, 9.17) is 9.47 Å². The lowest BCUT2D eigenvalue weighted by Gasteiger charge is -2.29. The van der Waals surface area contributed by atoms with Gasteiger partial charge in [0, 0.05) is 14.5 Å². The Bertz CT molecular complexity index is 613. The molecule has 0 aromatic carbocycles. The highest BCUT2D eigenvalue weighted by atomic mass is 127. The van der Waals surface area contributed by atoms with Gasteiger partial charge < -0.3 is 9.47 Å². The molecule has 0 radical (unpaired) electrons. The molecule has 1 aromatic heterocycles. The fourth-order valence-corrected chi connectivity index (χ4v) is 3.54. The van der Waals surface area contributed by atoms with Crippen LogP contribution in [0.3, 0.4) is 0 Å². The molecule has 0 fully saturated rings. The molecule has 1 aromatic rings. The molecule has 8 heteroatoms. The summed E-state index contributed by atoms with van der Waals surface area (Å²) < 4.78 is 11.4. The zero-order valence-electron chi connectivity index (χ0n) is 13.4. The molecule has 2 heterocycles. The van der Waals surface area contributed by atoms with Crippen LogP contribution in [0.25, 0.3) is 5.70 Å². The first-order valence-corrected chi connectivity index (χ1v) is 9.23. The summed E-state index contributed by atoms with van der Waals surface area (Å²) in [6, 6.07) is 1.91. The van der Waals surface area contributed by atoms with Gasteiger partial charge in [0.1, 0.15) is 0 Å². The van der Waals surface area contributed by atoms with E-state index in [0.717, 1.165) is 9.14 Å². The summed E-state index contributed by atoms with van der Waals surface area (Å²) in [4.78, 5) is 24.9. The molecular weight excluding hydrogens is 431 g/mol. The van der Waals surface area contributed by atoms with Gasteiger partial charge in [-0.2, -0.15) is 16.3 Å². The van der Waals surface area contributed by atoms with E-state index in [1.807, 2.05) is 16.8 Å². The Morgan fingerprint density at radius 3 is 2.30 bits per heavy atom. The van der Waals surface area contributed by atoms with Crippen LogP contribution in [0.1, 0.15) is 33.3 Å². The normalized spacial score (nSPS) is 14.9. The third-order valence-corrected chi connectivity index (χ3v) is 4.39. The number of hydrogen-bond donors (Lipinski definition) is 0. The van der Waals surface area contributed by atoms with Gasteiger partial charge in [-0.05, 0) is 61.7 Å². The standard InChI is InChI=1S/C15H19IN2O4S/c1-9(2)21-14(19)17-7-12(16)13(11-5-6-23-8-11)18(17)15(20)22-10(3)4/h5-6,8-10H,7H2,1-4H3. The van der Waals surface area contributed by atoms with E-state index >= 15 is 0 Å². The van der Waals surface area contributed by atoms with E-state index < -0.39 is 12.2 Å². The molecule has 0 unspecified atom stereocenters. The summed E-state index contributed by atoms with van der Waals surface area (Å²) in [5.74, 6) is 0. The van der Waals surface area contributed by atoms with Gasteiger partial charge in [0.2, 0.25) is 0 Å². The van der Waals surface area contributed by atoms with E-state index in [-0.39, 0.29) is 18.8 Å². The van der Waals surface area contributed by atoms with Gasteiger partial charge in [-0.15, -0.1) is 0 Å². The fraction of sp³-hybridized carbons (Fsp3) is 0.467. The van der Waals surface area contributed by atoms with Gasteiger partial charge in [-0.25, -0.2) is 14.6 Å². The first-order valence-electron chi connectivity index (χ1n) is 7.21. The minimum Gasteiger partial charge on any atom is -0.445 e. The number of amides is 2. The van der Waals surface area contributed by atoms with Gasteiger partial charge in [0.05, 0.1) is 24.4 Å². The average Bonchev–Trinajstić information content (AvgIpc) is 3.03. The number of hydrogen-bond acceptors (Lipinski definition) is 5. The SMILES string of the molecule is CC(C)OC(=O)N1CC(I)=C(c2ccsc2)N1C(=O)OC(C)C. The molecule has 0 spiro atoms. The van der Waals surface area contributed by atoms with E-state index in [9.17, 15) is 9.59 Å². The lowest BCUT2D eigenvalue weighted by molar-refractivity contribution is 0.00450. The van der Waals surface area contributed by atoms with Crippen LogP contribution < -0.4 is 0 Å². The van der Waals surface area contributed by atoms with Crippen LogP contribution in [-0.4, -0.2) is 41.0 Å². The molecule has 0 atom stereocenters. The molecule has 0 saturated carbocycles. The second kappa shape index (κ2) is 7.52. The maximum Gasteiger partial charge on any atom is 0.434 e. The molecule has 2 rings (SSSR count). The monoisotopic (exact) mass is 450 g/mol. The molecule has 1 aliphatic heterocycles. The van der Waals surface area contributed by atoms with Crippen LogP contribution >= 0.6 is 33.9 Å². The third kappa shape index (κ3) is 4.17. The number of nitrogens with zero attached hydrogens (tertiary/aromatic N) is 2. The van der Waals surface area contributed by atoms with E-state index in [1.54, 1.807) is 27.7 Å². The highest BCUT2D eigenvalue weighted by molar-refractivity contribution is 14.1. The lowest BCUT2D eigenvalue weighted by Crippen LogP contribution is -2.46. The number of rotatable bonds is 3. The van der Waals surface area contributed by atoms with E-state index in [1.165, 1.54) is 21.4 Å². The number of halogens is 1. The minimum atomic E-state index is -0.589. The van der Waals surface area contributed by atoms with Crippen molar-refractivity contribution in [2.45, 2.75) is 39.9 Å². The second-order valence-electron chi connectivity index (χ2n) is 5.50.